The van der Waals surface area contributed by atoms with Crippen molar-refractivity contribution in [2.45, 2.75) is 33.2 Å². The SMILES string of the molecule is Cc1ccccc1OCC(=O)N[C@@H](CC(C)C)C(=O)N/N=C\c1cc(Br)c(O)c(Br)c1. The Bertz CT molecular complexity index is 941. The lowest BCUT2D eigenvalue weighted by molar-refractivity contribution is -0.130. The molecule has 0 heterocycles. The number of phenolic OH excluding ortho intramolecular Hbond substituents is 1. The Kier molecular flexibility index (Phi) is 9.51. The van der Waals surface area contributed by atoms with E-state index in [9.17, 15) is 14.7 Å². The molecule has 0 saturated heterocycles. The summed E-state index contributed by atoms with van der Waals surface area (Å²) in [6.45, 7) is 5.63. The molecule has 3 N–H and O–H groups in total. The number of carbonyl (C=O) groups excluding carboxylic acids is 2. The molecule has 0 fully saturated rings. The van der Waals surface area contributed by atoms with Crippen LogP contribution in [0.5, 0.6) is 11.5 Å². The van der Waals surface area contributed by atoms with Crippen LogP contribution in [0.4, 0.5) is 0 Å². The molecule has 0 unspecified atom stereocenters. The first kappa shape index (κ1) is 24.9. The second kappa shape index (κ2) is 11.9. The van der Waals surface area contributed by atoms with E-state index in [0.29, 0.717) is 26.7 Å². The average Bonchev–Trinajstić information content (AvgIpc) is 2.70. The number of rotatable bonds is 9. The molecule has 7 nitrogen and oxygen atoms in total. The van der Waals surface area contributed by atoms with Crippen LogP contribution >= 0.6 is 31.9 Å². The van der Waals surface area contributed by atoms with Gasteiger partial charge in [0.1, 0.15) is 17.5 Å². The van der Waals surface area contributed by atoms with Gasteiger partial charge in [0.2, 0.25) is 0 Å². The number of aromatic hydroxyl groups is 1. The maximum absolute atomic E-state index is 12.6. The Balaban J connectivity index is 1.96. The van der Waals surface area contributed by atoms with Gasteiger partial charge < -0.3 is 15.2 Å². The number of carbonyl (C=O) groups is 2. The molecule has 0 aliphatic rings. The van der Waals surface area contributed by atoms with Gasteiger partial charge in [0, 0.05) is 0 Å². The Morgan fingerprint density at radius 3 is 2.45 bits per heavy atom. The van der Waals surface area contributed by atoms with E-state index in [2.05, 4.69) is 47.7 Å². The number of nitrogens with zero attached hydrogens (tertiary/aromatic N) is 1. The number of aryl methyl sites for hydroxylation is 1. The second-order valence-electron chi connectivity index (χ2n) is 7.37. The first-order valence-corrected chi connectivity index (χ1v) is 11.2. The van der Waals surface area contributed by atoms with Crippen LogP contribution in [0.25, 0.3) is 0 Å². The van der Waals surface area contributed by atoms with Gasteiger partial charge in [-0.3, -0.25) is 9.59 Å². The highest BCUT2D eigenvalue weighted by Crippen LogP contribution is 2.32. The van der Waals surface area contributed by atoms with Gasteiger partial charge in [-0.15, -0.1) is 0 Å². The number of nitrogens with one attached hydrogen (secondary N) is 2. The van der Waals surface area contributed by atoms with Crippen LogP contribution in [0.15, 0.2) is 50.4 Å². The molecule has 166 valence electrons. The quantitative estimate of drug-likeness (QED) is 0.318. The molecule has 2 aromatic carbocycles. The third-order valence-electron chi connectivity index (χ3n) is 4.24. The lowest BCUT2D eigenvalue weighted by atomic mass is 10.0. The van der Waals surface area contributed by atoms with Crippen molar-refractivity contribution in [1.29, 1.82) is 0 Å². The second-order valence-corrected chi connectivity index (χ2v) is 9.08. The van der Waals surface area contributed by atoms with E-state index in [1.165, 1.54) is 6.21 Å². The van der Waals surface area contributed by atoms with Crippen molar-refractivity contribution < 1.29 is 19.4 Å². The van der Waals surface area contributed by atoms with E-state index in [-0.39, 0.29) is 24.2 Å². The Labute approximate surface area is 198 Å². The summed E-state index contributed by atoms with van der Waals surface area (Å²) in [7, 11) is 0. The molecule has 0 aliphatic carbocycles. The summed E-state index contributed by atoms with van der Waals surface area (Å²) in [5.41, 5.74) is 4.05. The van der Waals surface area contributed by atoms with Gasteiger partial charge in [0.15, 0.2) is 6.61 Å². The maximum atomic E-state index is 12.6. The number of halogens is 2. The number of benzene rings is 2. The predicted octanol–water partition coefficient (Wildman–Crippen LogP) is 4.29. The molecule has 0 saturated carbocycles. The lowest BCUT2D eigenvalue weighted by Crippen LogP contribution is -2.47. The fraction of sp³-hybridized carbons (Fsp3) is 0.318. The molecular formula is C22H25Br2N3O4. The molecule has 9 heteroatoms. The van der Waals surface area contributed by atoms with Gasteiger partial charge in [-0.1, -0.05) is 32.0 Å². The molecule has 0 spiro atoms. The summed E-state index contributed by atoms with van der Waals surface area (Å²) in [6.07, 6.45) is 1.90. The average molecular weight is 555 g/mol. The topological polar surface area (TPSA) is 100 Å². The van der Waals surface area contributed by atoms with Gasteiger partial charge in [-0.05, 0) is 80.4 Å². The van der Waals surface area contributed by atoms with Crippen molar-refractivity contribution in [3.05, 3.63) is 56.5 Å². The van der Waals surface area contributed by atoms with Crippen molar-refractivity contribution in [1.82, 2.24) is 10.7 Å². The van der Waals surface area contributed by atoms with Crippen LogP contribution in [-0.2, 0) is 9.59 Å². The number of para-hydroxylation sites is 1. The van der Waals surface area contributed by atoms with Crippen molar-refractivity contribution in [3.8, 4) is 11.5 Å². The van der Waals surface area contributed by atoms with E-state index in [4.69, 9.17) is 4.74 Å². The maximum Gasteiger partial charge on any atom is 0.262 e. The third kappa shape index (κ3) is 7.99. The standard InChI is InChI=1S/C22H25Br2N3O4/c1-13(2)8-18(26-20(28)12-31-19-7-5-4-6-14(19)3)22(30)27-25-11-15-9-16(23)21(29)17(24)10-15/h4-7,9-11,13,18,29H,8,12H2,1-3H3,(H,26,28)(H,27,30)/b25-11-/t18-/m0/s1. The summed E-state index contributed by atoms with van der Waals surface area (Å²) in [5.74, 6) is 0.0685. The zero-order chi connectivity index (χ0) is 23.0. The van der Waals surface area contributed by atoms with Gasteiger partial charge in [0.05, 0.1) is 15.2 Å². The minimum Gasteiger partial charge on any atom is -0.506 e. The van der Waals surface area contributed by atoms with E-state index < -0.39 is 11.9 Å². The Hall–Kier alpha value is -2.39. The van der Waals surface area contributed by atoms with Gasteiger partial charge in [-0.2, -0.15) is 5.10 Å². The van der Waals surface area contributed by atoms with Gasteiger partial charge in [0.25, 0.3) is 11.8 Å². The number of amides is 2. The number of hydrazone groups is 1. The molecule has 2 rings (SSSR count). The molecule has 0 radical (unpaired) electrons. The van der Waals surface area contributed by atoms with Crippen molar-refractivity contribution >= 4 is 49.9 Å². The van der Waals surface area contributed by atoms with Crippen molar-refractivity contribution in [3.63, 3.8) is 0 Å². The summed E-state index contributed by atoms with van der Waals surface area (Å²) < 4.78 is 6.54. The minimum absolute atomic E-state index is 0.0776. The highest BCUT2D eigenvalue weighted by atomic mass is 79.9. The highest BCUT2D eigenvalue weighted by molar-refractivity contribution is 9.11. The fourth-order valence-corrected chi connectivity index (χ4v) is 3.93. The zero-order valence-corrected chi connectivity index (χ0v) is 20.7. The van der Waals surface area contributed by atoms with Crippen molar-refractivity contribution in [2.24, 2.45) is 11.0 Å². The van der Waals surface area contributed by atoms with Gasteiger partial charge >= 0.3 is 0 Å². The van der Waals surface area contributed by atoms with E-state index in [1.807, 2.05) is 39.0 Å². The van der Waals surface area contributed by atoms with Crippen LogP contribution in [-0.4, -0.2) is 35.8 Å². The smallest absolute Gasteiger partial charge is 0.262 e. The van der Waals surface area contributed by atoms with E-state index in [0.717, 1.165) is 5.56 Å². The predicted molar refractivity (Wildman–Crippen MR) is 127 cm³/mol. The number of hydrogen-bond donors (Lipinski definition) is 3. The van der Waals surface area contributed by atoms with E-state index in [1.54, 1.807) is 18.2 Å². The monoisotopic (exact) mass is 553 g/mol. The number of hydrogen-bond acceptors (Lipinski definition) is 5. The molecule has 0 bridgehead atoms. The van der Waals surface area contributed by atoms with Crippen LogP contribution in [0, 0.1) is 12.8 Å². The molecular weight excluding hydrogens is 530 g/mol. The van der Waals surface area contributed by atoms with Gasteiger partial charge in [-0.25, -0.2) is 5.43 Å². The molecule has 2 amide bonds. The third-order valence-corrected chi connectivity index (χ3v) is 5.45. The van der Waals surface area contributed by atoms with E-state index >= 15 is 0 Å². The first-order chi connectivity index (χ1) is 14.7. The van der Waals surface area contributed by atoms with Crippen molar-refractivity contribution in [2.75, 3.05) is 6.61 Å². The summed E-state index contributed by atoms with van der Waals surface area (Å²) >= 11 is 6.49. The summed E-state index contributed by atoms with van der Waals surface area (Å²) in [4.78, 5) is 24.9. The number of ether oxygens (including phenoxy) is 1. The molecule has 31 heavy (non-hydrogen) atoms. The molecule has 0 aromatic heterocycles. The number of phenols is 1. The lowest BCUT2D eigenvalue weighted by Gasteiger charge is -2.19. The van der Waals surface area contributed by atoms with Crippen LogP contribution in [0.2, 0.25) is 0 Å². The normalized spacial score (nSPS) is 12.1. The Morgan fingerprint density at radius 1 is 1.19 bits per heavy atom. The zero-order valence-electron chi connectivity index (χ0n) is 17.5. The minimum atomic E-state index is -0.747. The fourth-order valence-electron chi connectivity index (χ4n) is 2.71. The Morgan fingerprint density at radius 2 is 1.84 bits per heavy atom. The highest BCUT2D eigenvalue weighted by Gasteiger charge is 2.22. The largest absolute Gasteiger partial charge is 0.506 e. The van der Waals surface area contributed by atoms with Crippen LogP contribution in [0.3, 0.4) is 0 Å². The first-order valence-electron chi connectivity index (χ1n) is 9.66. The van der Waals surface area contributed by atoms with Crippen LogP contribution in [0.1, 0.15) is 31.4 Å². The molecule has 0 aliphatic heterocycles. The summed E-state index contributed by atoms with van der Waals surface area (Å²) in [5, 5.41) is 16.4. The molecule has 1 atom stereocenters. The molecule has 2 aromatic rings. The van der Waals surface area contributed by atoms with Crippen LogP contribution < -0.4 is 15.5 Å². The summed E-state index contributed by atoms with van der Waals surface area (Å²) in [6, 6.07) is 9.97.